The second-order valence-corrected chi connectivity index (χ2v) is 14.1. The third-order valence-corrected chi connectivity index (χ3v) is 8.99. The predicted octanol–water partition coefficient (Wildman–Crippen LogP) is 5.32. The highest BCUT2D eigenvalue weighted by Crippen LogP contribution is 2.40. The average Bonchev–Trinajstić information content (AvgIpc) is 3.17. The van der Waals surface area contributed by atoms with Crippen LogP contribution in [0.2, 0.25) is 0 Å². The smallest absolute Gasteiger partial charge is 0.393 e. The lowest BCUT2D eigenvalue weighted by atomic mass is 9.96. The van der Waals surface area contributed by atoms with Gasteiger partial charge in [-0.25, -0.2) is 4.39 Å². The molecule has 1 saturated heterocycles. The summed E-state index contributed by atoms with van der Waals surface area (Å²) in [4.78, 5) is 14.4. The number of nitrogens with one attached hydrogen (secondary N) is 2. The fraction of sp³-hybridized carbons (Fsp3) is 0.370. The van der Waals surface area contributed by atoms with Gasteiger partial charge >= 0.3 is 6.18 Å². The maximum absolute atomic E-state index is 14.8. The van der Waals surface area contributed by atoms with Crippen LogP contribution in [0.4, 0.5) is 28.9 Å². The molecule has 4 rings (SSSR count). The van der Waals surface area contributed by atoms with E-state index in [1.54, 1.807) is 55.6 Å². The fourth-order valence-electron chi connectivity index (χ4n) is 4.36. The van der Waals surface area contributed by atoms with Gasteiger partial charge in [-0.1, -0.05) is 24.0 Å². The van der Waals surface area contributed by atoms with E-state index in [2.05, 4.69) is 22.5 Å². The topological polar surface area (TPSA) is 70.7 Å². The van der Waals surface area contributed by atoms with E-state index in [0.717, 1.165) is 11.3 Å². The number of anilines is 2. The Morgan fingerprint density at radius 2 is 1.92 bits per heavy atom. The van der Waals surface area contributed by atoms with Crippen molar-refractivity contribution < 1.29 is 31.7 Å². The first-order valence-corrected chi connectivity index (χ1v) is 15.4. The molecule has 12 heteroatoms. The molecule has 2 aromatic carbocycles. The van der Waals surface area contributed by atoms with Crippen LogP contribution >= 0.6 is 18.5 Å². The van der Waals surface area contributed by atoms with Crippen molar-refractivity contribution in [2.45, 2.75) is 18.3 Å². The summed E-state index contributed by atoms with van der Waals surface area (Å²) in [5.41, 5.74) is -1.19. The first-order valence-electron chi connectivity index (χ1n) is 12.0. The third kappa shape index (κ3) is 6.57. The minimum atomic E-state index is -4.48. The number of fused-ring (bicyclic) bond motifs is 1. The van der Waals surface area contributed by atoms with Gasteiger partial charge in [-0.3, -0.25) is 9.69 Å². The normalized spacial score (nSPS) is 15.3. The second kappa shape index (κ2) is 10.8. The van der Waals surface area contributed by atoms with Gasteiger partial charge < -0.3 is 19.9 Å². The Hall–Kier alpha value is -3.06. The molecule has 0 unspecified atom stereocenters. The van der Waals surface area contributed by atoms with Crippen LogP contribution in [0.5, 0.6) is 5.75 Å². The Kier molecular flexibility index (Phi) is 8.04. The maximum atomic E-state index is 14.8. The van der Waals surface area contributed by atoms with Crippen LogP contribution in [0, 0.1) is 11.8 Å². The number of thiophene rings is 1. The van der Waals surface area contributed by atoms with E-state index < -0.39 is 31.3 Å². The van der Waals surface area contributed by atoms with Crippen molar-refractivity contribution >= 4 is 51.2 Å². The molecule has 0 aliphatic carbocycles. The Morgan fingerprint density at radius 1 is 1.21 bits per heavy atom. The SMILES string of the molecule is COc1cc(P(C)(C)=O)ccc1NCC#Cc1sc2c(NC(=O)C3(F)CN(C)C3)cccc2c1CC(F)(F)F. The van der Waals surface area contributed by atoms with Gasteiger partial charge in [0.2, 0.25) is 5.67 Å². The Bertz CT molecular complexity index is 1510. The number of ether oxygens (including phenoxy) is 1. The van der Waals surface area contributed by atoms with Gasteiger partial charge in [0.25, 0.3) is 5.91 Å². The highest BCUT2D eigenvalue weighted by molar-refractivity contribution is 7.70. The minimum Gasteiger partial charge on any atom is -0.495 e. The van der Waals surface area contributed by atoms with Gasteiger partial charge in [0.05, 0.1) is 41.0 Å². The second-order valence-electron chi connectivity index (χ2n) is 9.87. The average molecular weight is 582 g/mol. The summed E-state index contributed by atoms with van der Waals surface area (Å²) >= 11 is 1.02. The van der Waals surface area contributed by atoms with Gasteiger partial charge in [0.15, 0.2) is 0 Å². The van der Waals surface area contributed by atoms with Crippen LogP contribution in [-0.2, 0) is 15.8 Å². The maximum Gasteiger partial charge on any atom is 0.393 e. The zero-order valence-electron chi connectivity index (χ0n) is 21.8. The highest BCUT2D eigenvalue weighted by atomic mass is 32.1. The number of likely N-dealkylation sites (tertiary alicyclic amines) is 1. The van der Waals surface area contributed by atoms with Gasteiger partial charge in [0, 0.05) is 18.4 Å². The first-order chi connectivity index (χ1) is 18.2. The number of amides is 1. The largest absolute Gasteiger partial charge is 0.495 e. The number of rotatable bonds is 7. The summed E-state index contributed by atoms with van der Waals surface area (Å²) in [6, 6.07) is 9.74. The molecule has 39 heavy (non-hydrogen) atoms. The molecule has 1 aliphatic heterocycles. The number of hydrogen-bond acceptors (Lipinski definition) is 6. The number of carbonyl (C=O) groups is 1. The number of hydrogen-bond donors (Lipinski definition) is 2. The Balaban J connectivity index is 1.61. The molecule has 1 aromatic heterocycles. The van der Waals surface area contributed by atoms with Crippen molar-refractivity contribution in [1.29, 1.82) is 0 Å². The van der Waals surface area contributed by atoms with Crippen LogP contribution < -0.4 is 20.7 Å². The van der Waals surface area contributed by atoms with Gasteiger partial charge in [-0.05, 0) is 55.6 Å². The molecule has 3 aromatic rings. The zero-order chi connectivity index (χ0) is 28.6. The lowest BCUT2D eigenvalue weighted by Gasteiger charge is -2.40. The molecule has 1 amide bonds. The lowest BCUT2D eigenvalue weighted by Crippen LogP contribution is -2.63. The van der Waals surface area contributed by atoms with Crippen molar-refractivity contribution in [3.63, 3.8) is 0 Å². The monoisotopic (exact) mass is 581 g/mol. The molecule has 0 atom stereocenters. The molecule has 2 heterocycles. The molecule has 0 bridgehead atoms. The Morgan fingerprint density at radius 3 is 2.54 bits per heavy atom. The molecule has 208 valence electrons. The van der Waals surface area contributed by atoms with Gasteiger partial charge in [-0.15, -0.1) is 11.3 Å². The van der Waals surface area contributed by atoms with Crippen LogP contribution in [0.3, 0.4) is 0 Å². The molecule has 0 spiro atoms. The first kappa shape index (κ1) is 28.9. The number of benzene rings is 2. The summed E-state index contributed by atoms with van der Waals surface area (Å²) in [7, 11) is 0.685. The molecular weight excluding hydrogens is 553 g/mol. The summed E-state index contributed by atoms with van der Waals surface area (Å²) in [5.74, 6) is 5.35. The molecule has 1 fully saturated rings. The van der Waals surface area contributed by atoms with Crippen molar-refractivity contribution in [1.82, 2.24) is 4.90 Å². The Labute approximate surface area is 228 Å². The van der Waals surface area contributed by atoms with Gasteiger partial charge in [0.1, 0.15) is 12.9 Å². The quantitative estimate of drug-likeness (QED) is 0.225. The summed E-state index contributed by atoms with van der Waals surface area (Å²) in [6.07, 6.45) is -5.67. The van der Waals surface area contributed by atoms with Crippen molar-refractivity contribution in [2.24, 2.45) is 0 Å². The lowest BCUT2D eigenvalue weighted by molar-refractivity contribution is -0.137. The number of carbonyl (C=O) groups excluding carboxylic acids is 1. The zero-order valence-corrected chi connectivity index (χ0v) is 23.5. The molecule has 2 N–H and O–H groups in total. The van der Waals surface area contributed by atoms with Gasteiger partial charge in [-0.2, -0.15) is 13.2 Å². The summed E-state index contributed by atoms with van der Waals surface area (Å²) < 4.78 is 73.4. The summed E-state index contributed by atoms with van der Waals surface area (Å²) in [6.45, 7) is 3.31. The van der Waals surface area contributed by atoms with Crippen molar-refractivity contribution in [3.8, 4) is 17.6 Å². The van der Waals surface area contributed by atoms with E-state index >= 15 is 0 Å². The third-order valence-electron chi connectivity index (χ3n) is 6.27. The van der Waals surface area contributed by atoms with E-state index in [1.165, 1.54) is 13.2 Å². The molecule has 1 aliphatic rings. The van der Waals surface area contributed by atoms with E-state index in [-0.39, 0.29) is 35.8 Å². The molecule has 0 saturated carbocycles. The van der Waals surface area contributed by atoms with E-state index in [4.69, 9.17) is 4.74 Å². The standard InChI is InChI=1S/C27H28F4N3O3PS/c1-34-15-26(28,16-34)25(35)33-21-8-5-7-18-19(14-27(29,30)31)23(39-24(18)21)9-6-12-32-20-11-10-17(38(3,4)36)13-22(20)37-2/h5,7-8,10-11,13,32H,12,14-16H2,1-4H3,(H,33,35). The highest BCUT2D eigenvalue weighted by Gasteiger charge is 2.48. The van der Waals surface area contributed by atoms with Crippen LogP contribution in [0.25, 0.3) is 10.1 Å². The van der Waals surface area contributed by atoms with Crippen LogP contribution in [0.15, 0.2) is 36.4 Å². The molecular formula is C27H28F4N3O3PS. The van der Waals surface area contributed by atoms with E-state index in [1.807, 2.05) is 0 Å². The molecule has 6 nitrogen and oxygen atoms in total. The number of halogens is 4. The molecule has 0 radical (unpaired) electrons. The number of methoxy groups -OCH3 is 1. The minimum absolute atomic E-state index is 0.00742. The van der Waals surface area contributed by atoms with E-state index in [9.17, 15) is 26.9 Å². The van der Waals surface area contributed by atoms with E-state index in [0.29, 0.717) is 26.8 Å². The summed E-state index contributed by atoms with van der Waals surface area (Å²) in [5, 5.41) is 6.61. The number of alkyl halides is 4. The van der Waals surface area contributed by atoms with Crippen LogP contribution in [-0.4, -0.2) is 69.8 Å². The van der Waals surface area contributed by atoms with Crippen molar-refractivity contribution in [2.75, 3.05) is 57.8 Å². The van der Waals surface area contributed by atoms with Crippen LogP contribution in [0.1, 0.15) is 10.4 Å². The fourth-order valence-corrected chi connectivity index (χ4v) is 6.38. The van der Waals surface area contributed by atoms with Crippen molar-refractivity contribution in [3.05, 3.63) is 46.8 Å². The predicted molar refractivity (Wildman–Crippen MR) is 149 cm³/mol. The number of nitrogens with zero attached hydrogens (tertiary/aromatic N) is 1.